The van der Waals surface area contributed by atoms with Crippen molar-refractivity contribution in [1.82, 2.24) is 0 Å². The maximum absolute atomic E-state index is 12.3. The molecule has 2 aromatic rings. The molecule has 0 unspecified atom stereocenters. The van der Waals surface area contributed by atoms with E-state index in [1.165, 1.54) is 23.3 Å². The molecular formula is C22H29NO4S2. The molecule has 0 bridgehead atoms. The van der Waals surface area contributed by atoms with E-state index in [2.05, 4.69) is 36.1 Å². The monoisotopic (exact) mass is 435 g/mol. The fourth-order valence-electron chi connectivity index (χ4n) is 3.87. The molecule has 158 valence electrons. The lowest BCUT2D eigenvalue weighted by atomic mass is 9.90. The highest BCUT2D eigenvalue weighted by Crippen LogP contribution is 2.32. The van der Waals surface area contributed by atoms with Gasteiger partial charge in [0.1, 0.15) is 0 Å². The van der Waals surface area contributed by atoms with Crippen LogP contribution in [-0.2, 0) is 26.1 Å². The van der Waals surface area contributed by atoms with Gasteiger partial charge in [0.25, 0.3) is 0 Å². The summed E-state index contributed by atoms with van der Waals surface area (Å²) in [6, 6.07) is 13.1. The molecule has 3 rings (SSSR count). The van der Waals surface area contributed by atoms with E-state index >= 15 is 0 Å². The maximum atomic E-state index is 12.3. The van der Waals surface area contributed by atoms with Crippen LogP contribution in [0.5, 0.6) is 0 Å². The van der Waals surface area contributed by atoms with Gasteiger partial charge in [-0.05, 0) is 62.3 Å². The van der Waals surface area contributed by atoms with E-state index in [0.717, 1.165) is 51.3 Å². The first-order valence-corrected chi connectivity index (χ1v) is 13.7. The first kappa shape index (κ1) is 21.8. The summed E-state index contributed by atoms with van der Waals surface area (Å²) < 4.78 is 48.3. The third kappa shape index (κ3) is 5.60. The molecule has 0 aliphatic carbocycles. The van der Waals surface area contributed by atoms with E-state index in [1.807, 2.05) is 0 Å². The van der Waals surface area contributed by atoms with E-state index in [0.29, 0.717) is 11.6 Å². The number of rotatable bonds is 6. The van der Waals surface area contributed by atoms with Crippen LogP contribution in [0.4, 0.5) is 5.69 Å². The van der Waals surface area contributed by atoms with Gasteiger partial charge in [0.05, 0.1) is 15.5 Å². The van der Waals surface area contributed by atoms with Gasteiger partial charge in [0.2, 0.25) is 0 Å². The fourth-order valence-corrected chi connectivity index (χ4v) is 5.51. The first-order valence-electron chi connectivity index (χ1n) is 9.89. The first-order chi connectivity index (χ1) is 13.5. The average Bonchev–Trinajstić information content (AvgIpc) is 2.66. The molecule has 1 aliphatic heterocycles. The van der Waals surface area contributed by atoms with Crippen molar-refractivity contribution in [3.8, 4) is 0 Å². The summed E-state index contributed by atoms with van der Waals surface area (Å²) in [4.78, 5) is 2.21. The van der Waals surface area contributed by atoms with Gasteiger partial charge in [-0.2, -0.15) is 0 Å². The highest BCUT2D eigenvalue weighted by atomic mass is 32.2. The Bertz CT molecular complexity index is 1070. The maximum Gasteiger partial charge on any atom is 0.177 e. The minimum atomic E-state index is -3.54. The van der Waals surface area contributed by atoms with Gasteiger partial charge in [-0.1, -0.05) is 29.8 Å². The third-order valence-electron chi connectivity index (χ3n) is 5.68. The van der Waals surface area contributed by atoms with Crippen molar-refractivity contribution in [2.24, 2.45) is 5.92 Å². The van der Waals surface area contributed by atoms with Gasteiger partial charge in [-0.25, -0.2) is 16.8 Å². The zero-order valence-corrected chi connectivity index (χ0v) is 18.9. The largest absolute Gasteiger partial charge is 0.370 e. The van der Waals surface area contributed by atoms with E-state index in [9.17, 15) is 16.8 Å². The van der Waals surface area contributed by atoms with Crippen LogP contribution in [0.3, 0.4) is 0 Å². The van der Waals surface area contributed by atoms with Crippen molar-refractivity contribution < 1.29 is 16.8 Å². The molecule has 0 N–H and O–H groups in total. The summed E-state index contributed by atoms with van der Waals surface area (Å²) in [5.74, 6) is 0.615. The van der Waals surface area contributed by atoms with Crippen molar-refractivity contribution >= 4 is 25.4 Å². The number of hydrogen-bond donors (Lipinski definition) is 0. The molecule has 2 aromatic carbocycles. The number of aryl methyl sites for hydroxylation is 2. The van der Waals surface area contributed by atoms with Gasteiger partial charge in [0, 0.05) is 25.6 Å². The lowest BCUT2D eigenvalue weighted by Crippen LogP contribution is -2.34. The number of benzene rings is 2. The van der Waals surface area contributed by atoms with Crippen LogP contribution in [-0.4, -0.2) is 42.4 Å². The van der Waals surface area contributed by atoms with Crippen LogP contribution in [0.25, 0.3) is 0 Å². The van der Waals surface area contributed by atoms with E-state index < -0.39 is 19.7 Å². The molecule has 7 heteroatoms. The van der Waals surface area contributed by atoms with E-state index in [1.54, 1.807) is 6.07 Å². The summed E-state index contributed by atoms with van der Waals surface area (Å²) in [7, 11) is -7.00. The van der Waals surface area contributed by atoms with E-state index in [4.69, 9.17) is 0 Å². The Morgan fingerprint density at radius 3 is 2.07 bits per heavy atom. The van der Waals surface area contributed by atoms with Crippen LogP contribution >= 0.6 is 0 Å². The normalized spacial score (nSPS) is 16.2. The van der Waals surface area contributed by atoms with Crippen LogP contribution in [0.15, 0.2) is 52.3 Å². The molecule has 1 fully saturated rings. The van der Waals surface area contributed by atoms with Crippen LogP contribution in [0, 0.1) is 12.8 Å². The summed E-state index contributed by atoms with van der Waals surface area (Å²) >= 11 is 0. The Morgan fingerprint density at radius 2 is 1.52 bits per heavy atom. The zero-order valence-electron chi connectivity index (χ0n) is 17.3. The molecule has 5 nitrogen and oxygen atoms in total. The van der Waals surface area contributed by atoms with Crippen molar-refractivity contribution in [2.75, 3.05) is 30.5 Å². The Labute approximate surface area is 174 Å². The quantitative estimate of drug-likeness (QED) is 0.693. The van der Waals surface area contributed by atoms with Crippen molar-refractivity contribution in [2.45, 2.75) is 42.4 Å². The third-order valence-corrected chi connectivity index (χ3v) is 7.91. The smallest absolute Gasteiger partial charge is 0.177 e. The molecule has 1 aliphatic rings. The molecule has 1 heterocycles. The Kier molecular flexibility index (Phi) is 6.39. The number of piperidine rings is 1. The molecule has 1 saturated heterocycles. The highest BCUT2D eigenvalue weighted by Gasteiger charge is 2.25. The second kappa shape index (κ2) is 8.48. The fraction of sp³-hybridized carbons (Fsp3) is 0.455. The highest BCUT2D eigenvalue weighted by molar-refractivity contribution is 7.91. The number of hydrogen-bond acceptors (Lipinski definition) is 5. The summed E-state index contributed by atoms with van der Waals surface area (Å²) in [5.41, 5.74) is 3.23. The standard InChI is InChI=1S/C22H29NO4S2/c1-17-4-6-18(7-5-17)8-9-19-12-14-23(15-13-19)21-11-10-20(28(2,24)25)16-22(21)29(3,26)27/h4-7,10-11,16,19H,8-9,12-15H2,1-3H3. The second-order valence-corrected chi connectivity index (χ2v) is 12.1. The van der Waals surface area contributed by atoms with Gasteiger partial charge >= 0.3 is 0 Å². The predicted molar refractivity (Wildman–Crippen MR) is 117 cm³/mol. The van der Waals surface area contributed by atoms with Crippen LogP contribution in [0.2, 0.25) is 0 Å². The molecular weight excluding hydrogens is 406 g/mol. The van der Waals surface area contributed by atoms with Gasteiger partial charge in [-0.15, -0.1) is 0 Å². The SMILES string of the molecule is Cc1ccc(CCC2CCN(c3ccc(S(C)(=O)=O)cc3S(C)(=O)=O)CC2)cc1. The Hall–Kier alpha value is -1.86. The van der Waals surface area contributed by atoms with Crippen molar-refractivity contribution in [3.05, 3.63) is 53.6 Å². The zero-order chi connectivity index (χ0) is 21.2. The average molecular weight is 436 g/mol. The second-order valence-electron chi connectivity index (χ2n) is 8.13. The van der Waals surface area contributed by atoms with Crippen molar-refractivity contribution in [1.29, 1.82) is 0 Å². The molecule has 29 heavy (non-hydrogen) atoms. The minimum Gasteiger partial charge on any atom is -0.370 e. The number of sulfone groups is 2. The van der Waals surface area contributed by atoms with E-state index in [-0.39, 0.29) is 9.79 Å². The molecule has 0 saturated carbocycles. The van der Waals surface area contributed by atoms with Crippen molar-refractivity contribution in [3.63, 3.8) is 0 Å². The molecule has 0 spiro atoms. The Balaban J connectivity index is 1.69. The number of anilines is 1. The topological polar surface area (TPSA) is 71.5 Å². The lowest BCUT2D eigenvalue weighted by Gasteiger charge is -2.34. The summed E-state index contributed by atoms with van der Waals surface area (Å²) in [6.07, 6.45) is 6.41. The molecule has 0 atom stereocenters. The Morgan fingerprint density at radius 1 is 0.897 bits per heavy atom. The van der Waals surface area contributed by atoms with Crippen LogP contribution < -0.4 is 4.90 Å². The lowest BCUT2D eigenvalue weighted by molar-refractivity contribution is 0.381. The summed E-state index contributed by atoms with van der Waals surface area (Å²) in [5, 5.41) is 0. The molecule has 0 aromatic heterocycles. The minimum absolute atomic E-state index is 0.0367. The predicted octanol–water partition coefficient (Wildman–Crippen LogP) is 3.65. The molecule has 0 amide bonds. The van der Waals surface area contributed by atoms with Gasteiger partial charge in [-0.3, -0.25) is 0 Å². The summed E-state index contributed by atoms with van der Waals surface area (Å²) in [6.45, 7) is 3.64. The van der Waals surface area contributed by atoms with Gasteiger partial charge < -0.3 is 4.90 Å². The molecule has 0 radical (unpaired) electrons. The number of nitrogens with zero attached hydrogens (tertiary/aromatic N) is 1. The van der Waals surface area contributed by atoms with Crippen LogP contribution in [0.1, 0.15) is 30.4 Å². The van der Waals surface area contributed by atoms with Gasteiger partial charge in [0.15, 0.2) is 19.7 Å².